The van der Waals surface area contributed by atoms with E-state index in [4.69, 9.17) is 15.6 Å². The molecule has 1 fully saturated rings. The quantitative estimate of drug-likeness (QED) is 0.308. The van der Waals surface area contributed by atoms with Crippen molar-refractivity contribution in [2.24, 2.45) is 11.7 Å². The molecule has 0 spiro atoms. The second-order valence-electron chi connectivity index (χ2n) is 10.2. The average Bonchev–Trinajstić information content (AvgIpc) is 3.34. The van der Waals surface area contributed by atoms with Crippen molar-refractivity contribution in [3.63, 3.8) is 0 Å². The van der Waals surface area contributed by atoms with Crippen LogP contribution in [0.2, 0.25) is 0 Å². The zero-order valence-corrected chi connectivity index (χ0v) is 23.0. The van der Waals surface area contributed by atoms with Crippen molar-refractivity contribution in [2.45, 2.75) is 25.4 Å². The van der Waals surface area contributed by atoms with E-state index < -0.39 is 17.7 Å². The second-order valence-corrected chi connectivity index (χ2v) is 10.2. The maximum absolute atomic E-state index is 14.9. The van der Waals surface area contributed by atoms with Gasteiger partial charge in [-0.3, -0.25) is 4.98 Å². The maximum atomic E-state index is 14.9. The van der Waals surface area contributed by atoms with E-state index in [1.165, 1.54) is 29.8 Å². The molecule has 0 radical (unpaired) electrons. The van der Waals surface area contributed by atoms with Gasteiger partial charge in [-0.25, -0.2) is 18.6 Å². The molecule has 1 amide bonds. The fourth-order valence-corrected chi connectivity index (χ4v) is 5.57. The third-order valence-electron chi connectivity index (χ3n) is 7.40. The highest BCUT2D eigenvalue weighted by Gasteiger charge is 2.38. The highest BCUT2D eigenvalue weighted by atomic mass is 19.1. The number of nitrogens with one attached hydrogen (secondary N) is 1. The van der Waals surface area contributed by atoms with Gasteiger partial charge >= 0.3 is 6.09 Å². The Kier molecular flexibility index (Phi) is 7.99. The van der Waals surface area contributed by atoms with Gasteiger partial charge in [0, 0.05) is 39.0 Å². The van der Waals surface area contributed by atoms with Crippen LogP contribution < -0.4 is 16.0 Å². The first-order valence-electron chi connectivity index (χ1n) is 13.2. The van der Waals surface area contributed by atoms with E-state index in [0.717, 1.165) is 5.69 Å². The summed E-state index contributed by atoms with van der Waals surface area (Å²) in [5.74, 6) is -1.17. The highest BCUT2D eigenvalue weighted by Crippen LogP contribution is 2.33. The number of aromatic nitrogens is 4. The molecule has 5 rings (SSSR count). The first-order chi connectivity index (χ1) is 19.7. The van der Waals surface area contributed by atoms with Crippen LogP contribution in [0, 0.1) is 17.6 Å². The minimum atomic E-state index is -0.767. The van der Waals surface area contributed by atoms with Crippen molar-refractivity contribution in [3.8, 4) is 11.3 Å². The maximum Gasteiger partial charge on any atom is 0.409 e. The third-order valence-corrected chi connectivity index (χ3v) is 7.40. The molecule has 41 heavy (non-hydrogen) atoms. The number of hydrogen-bond donors (Lipinski definition) is 3. The molecule has 3 unspecified atom stereocenters. The van der Waals surface area contributed by atoms with Crippen LogP contribution in [0.1, 0.15) is 12.5 Å². The van der Waals surface area contributed by atoms with Crippen molar-refractivity contribution < 1.29 is 23.4 Å². The molecule has 4 N–H and O–H groups in total. The van der Waals surface area contributed by atoms with Gasteiger partial charge in [0.2, 0.25) is 5.95 Å². The van der Waals surface area contributed by atoms with Crippen LogP contribution in [0.25, 0.3) is 16.8 Å². The Morgan fingerprint density at radius 1 is 1.22 bits per heavy atom. The molecule has 4 aromatic rings. The topological polar surface area (TPSA) is 134 Å². The van der Waals surface area contributed by atoms with Gasteiger partial charge in [-0.2, -0.15) is 9.61 Å². The predicted molar refractivity (Wildman–Crippen MR) is 150 cm³/mol. The summed E-state index contributed by atoms with van der Waals surface area (Å²) in [5, 5.41) is 16.9. The SMILES string of the molecule is COC(=O)N(C)C1C(C)CN(c2ccncc2Nc2ncc3ccc(-c4c(F)cc(CCO)cc4F)nn23)CC1N. The molecule has 1 aliphatic heterocycles. The van der Waals surface area contributed by atoms with E-state index in [0.29, 0.717) is 35.8 Å². The molecule has 13 heteroatoms. The average molecular weight is 567 g/mol. The Morgan fingerprint density at radius 2 is 1.98 bits per heavy atom. The molecule has 1 saturated heterocycles. The molecule has 1 aromatic carbocycles. The first-order valence-corrected chi connectivity index (χ1v) is 13.2. The van der Waals surface area contributed by atoms with E-state index in [-0.39, 0.29) is 42.3 Å². The van der Waals surface area contributed by atoms with Gasteiger partial charge in [0.1, 0.15) is 11.6 Å². The summed E-state index contributed by atoms with van der Waals surface area (Å²) in [7, 11) is 3.03. The van der Waals surface area contributed by atoms with Crippen molar-refractivity contribution in [2.75, 3.05) is 44.1 Å². The zero-order chi connectivity index (χ0) is 29.3. The molecule has 0 aliphatic carbocycles. The molecule has 3 atom stereocenters. The van der Waals surface area contributed by atoms with E-state index in [1.54, 1.807) is 36.6 Å². The summed E-state index contributed by atoms with van der Waals surface area (Å²) in [4.78, 5) is 24.5. The van der Waals surface area contributed by atoms with Crippen LogP contribution in [-0.2, 0) is 11.2 Å². The summed E-state index contributed by atoms with van der Waals surface area (Å²) in [5.41, 5.74) is 8.80. The fourth-order valence-electron chi connectivity index (χ4n) is 5.57. The molecule has 1 aliphatic rings. The lowest BCUT2D eigenvalue weighted by molar-refractivity contribution is 0.0906. The number of nitrogens with two attached hydrogens (primary N) is 1. The second kappa shape index (κ2) is 11.6. The van der Waals surface area contributed by atoms with Gasteiger partial charge < -0.3 is 30.7 Å². The normalized spacial score (nSPS) is 18.9. The minimum Gasteiger partial charge on any atom is -0.453 e. The number of ether oxygens (including phenoxy) is 1. The number of carbonyl (C=O) groups excluding carboxylic acids is 1. The van der Waals surface area contributed by atoms with Gasteiger partial charge in [-0.15, -0.1) is 0 Å². The Hall–Kier alpha value is -4.36. The molecule has 216 valence electrons. The zero-order valence-electron chi connectivity index (χ0n) is 23.0. The Labute approximate surface area is 235 Å². The summed E-state index contributed by atoms with van der Waals surface area (Å²) < 4.78 is 36.2. The third kappa shape index (κ3) is 5.50. The van der Waals surface area contributed by atoms with Crippen molar-refractivity contribution in [1.82, 2.24) is 24.5 Å². The van der Waals surface area contributed by atoms with Crippen molar-refractivity contribution >= 4 is 28.9 Å². The van der Waals surface area contributed by atoms with Crippen LogP contribution in [0.15, 0.2) is 48.9 Å². The van der Waals surface area contributed by atoms with Gasteiger partial charge in [0.05, 0.1) is 53.7 Å². The molecule has 0 saturated carbocycles. The Morgan fingerprint density at radius 3 is 2.66 bits per heavy atom. The number of anilines is 3. The number of fused-ring (bicyclic) bond motifs is 1. The number of benzene rings is 1. The van der Waals surface area contributed by atoms with Gasteiger partial charge in [0.15, 0.2) is 0 Å². The number of pyridine rings is 1. The fraction of sp³-hybridized carbons (Fsp3) is 0.357. The summed E-state index contributed by atoms with van der Waals surface area (Å²) >= 11 is 0. The van der Waals surface area contributed by atoms with E-state index >= 15 is 0 Å². The van der Waals surface area contributed by atoms with Crippen LogP contribution in [-0.4, -0.2) is 81.6 Å². The van der Waals surface area contributed by atoms with E-state index in [9.17, 15) is 13.6 Å². The molecular weight excluding hydrogens is 534 g/mol. The number of imidazole rings is 1. The number of likely N-dealkylation sites (N-methyl/N-ethyl adjacent to an activating group) is 1. The molecule has 0 bridgehead atoms. The smallest absolute Gasteiger partial charge is 0.409 e. The summed E-state index contributed by atoms with van der Waals surface area (Å²) in [6.45, 7) is 2.92. The molecular formula is C28H32F2N8O3. The Bertz CT molecular complexity index is 1530. The molecule has 11 nitrogen and oxygen atoms in total. The number of nitrogens with zero attached hydrogens (tertiary/aromatic N) is 6. The lowest BCUT2D eigenvalue weighted by Crippen LogP contribution is -2.62. The van der Waals surface area contributed by atoms with Crippen LogP contribution in [0.3, 0.4) is 0 Å². The van der Waals surface area contributed by atoms with Crippen LogP contribution in [0.5, 0.6) is 0 Å². The largest absolute Gasteiger partial charge is 0.453 e. The number of amides is 1. The summed E-state index contributed by atoms with van der Waals surface area (Å²) in [6.07, 6.45) is 4.64. The molecule has 3 aromatic heterocycles. The number of hydrogen-bond acceptors (Lipinski definition) is 9. The van der Waals surface area contributed by atoms with Gasteiger partial charge in [-0.05, 0) is 48.2 Å². The lowest BCUT2D eigenvalue weighted by atomic mass is 9.89. The van der Waals surface area contributed by atoms with E-state index in [2.05, 4.69) is 25.3 Å². The van der Waals surface area contributed by atoms with Crippen LogP contribution in [0.4, 0.5) is 30.9 Å². The number of halogens is 2. The number of piperidine rings is 1. The van der Waals surface area contributed by atoms with Gasteiger partial charge in [0.25, 0.3) is 0 Å². The van der Waals surface area contributed by atoms with Crippen molar-refractivity contribution in [1.29, 1.82) is 0 Å². The minimum absolute atomic E-state index is 0.0360. The predicted octanol–water partition coefficient (Wildman–Crippen LogP) is 3.20. The van der Waals surface area contributed by atoms with Crippen molar-refractivity contribution in [3.05, 3.63) is 66.1 Å². The number of aliphatic hydroxyl groups is 1. The number of carbonyl (C=O) groups is 1. The Balaban J connectivity index is 1.43. The highest BCUT2D eigenvalue weighted by molar-refractivity contribution is 5.74. The lowest BCUT2D eigenvalue weighted by Gasteiger charge is -2.45. The summed E-state index contributed by atoms with van der Waals surface area (Å²) in [6, 6.07) is 6.93. The van der Waals surface area contributed by atoms with Crippen LogP contribution >= 0.6 is 0 Å². The number of methoxy groups -OCH3 is 1. The molecule has 4 heterocycles. The number of aliphatic hydroxyl groups excluding tert-OH is 1. The van der Waals surface area contributed by atoms with E-state index in [1.807, 2.05) is 13.0 Å². The monoisotopic (exact) mass is 566 g/mol. The number of rotatable bonds is 7. The van der Waals surface area contributed by atoms with Gasteiger partial charge in [-0.1, -0.05) is 6.92 Å². The standard InChI is InChI=1S/C28H32F2N8O3/c1-16-14-37(15-21(31)26(16)36(2)28(40)41-3)24-6-8-32-13-23(24)34-27-33-12-18-4-5-22(35-38(18)27)25-19(29)10-17(7-9-39)11-20(25)30/h4-6,8,10-13,16,21,26,39H,7,9,14-15,31H2,1-3H3,(H,33,34). The first kappa shape index (κ1) is 28.2.